The van der Waals surface area contributed by atoms with E-state index in [1.165, 1.54) is 36.6 Å². The number of amidine groups is 1. The molecule has 0 unspecified atom stereocenters. The van der Waals surface area contributed by atoms with Crippen LogP contribution in [0.15, 0.2) is 4.99 Å². The van der Waals surface area contributed by atoms with Gasteiger partial charge in [0.2, 0.25) is 0 Å². The Morgan fingerprint density at radius 3 is 2.71 bits per heavy atom. The molecule has 0 spiro atoms. The van der Waals surface area contributed by atoms with Crippen LogP contribution in [-0.4, -0.2) is 35.0 Å². The van der Waals surface area contributed by atoms with Gasteiger partial charge in [-0.15, -0.1) is 0 Å². The predicted molar refractivity (Wildman–Crippen MR) is 67.5 cm³/mol. The van der Waals surface area contributed by atoms with Crippen LogP contribution in [0, 0.1) is 0 Å². The summed E-state index contributed by atoms with van der Waals surface area (Å²) in [5.74, 6) is 1.17. The summed E-state index contributed by atoms with van der Waals surface area (Å²) in [4.78, 5) is 4.43. The van der Waals surface area contributed by atoms with Crippen LogP contribution in [0.2, 0.25) is 0 Å². The molecule has 0 radical (unpaired) electrons. The van der Waals surface area contributed by atoms with E-state index < -0.39 is 0 Å². The maximum atomic E-state index is 4.43. The third-order valence-corrected chi connectivity index (χ3v) is 4.97. The van der Waals surface area contributed by atoms with Crippen LogP contribution in [-0.2, 0) is 0 Å². The van der Waals surface area contributed by atoms with Crippen molar-refractivity contribution in [1.82, 2.24) is 5.32 Å². The number of rotatable bonds is 2. The van der Waals surface area contributed by atoms with Crippen LogP contribution in [0.4, 0.5) is 0 Å². The molecule has 0 aromatic rings. The van der Waals surface area contributed by atoms with Crippen molar-refractivity contribution in [2.45, 2.75) is 37.0 Å². The van der Waals surface area contributed by atoms with Crippen LogP contribution in [0.1, 0.15) is 25.7 Å². The number of hydrogen-bond donors (Lipinski definition) is 1. The molecular formula is C10H18N2S2. The quantitative estimate of drug-likeness (QED) is 0.788. The average molecular weight is 230 g/mol. The second-order valence-electron chi connectivity index (χ2n) is 3.89. The van der Waals surface area contributed by atoms with E-state index in [4.69, 9.17) is 0 Å². The summed E-state index contributed by atoms with van der Waals surface area (Å²) in [6, 6.07) is 0.697. The highest BCUT2D eigenvalue weighted by atomic mass is 32.2. The van der Waals surface area contributed by atoms with Crippen LogP contribution >= 0.6 is 23.5 Å². The van der Waals surface area contributed by atoms with Gasteiger partial charge in [-0.1, -0.05) is 11.8 Å². The van der Waals surface area contributed by atoms with Gasteiger partial charge in [-0.2, -0.15) is 11.8 Å². The Morgan fingerprint density at radius 2 is 2.14 bits per heavy atom. The summed E-state index contributed by atoms with van der Waals surface area (Å²) in [6.45, 7) is 1.01. The molecule has 0 amide bonds. The molecule has 0 atom stereocenters. The van der Waals surface area contributed by atoms with E-state index in [1.54, 1.807) is 0 Å². The second-order valence-corrected chi connectivity index (χ2v) is 6.11. The van der Waals surface area contributed by atoms with E-state index in [9.17, 15) is 0 Å². The Morgan fingerprint density at radius 1 is 1.36 bits per heavy atom. The van der Waals surface area contributed by atoms with Gasteiger partial charge in [-0.25, -0.2) is 0 Å². The average Bonchev–Trinajstić information content (AvgIpc) is 2.72. The summed E-state index contributed by atoms with van der Waals surface area (Å²) in [7, 11) is 0. The normalized spacial score (nSPS) is 32.8. The van der Waals surface area contributed by atoms with Crippen molar-refractivity contribution in [2.75, 3.05) is 18.6 Å². The summed E-state index contributed by atoms with van der Waals surface area (Å²) in [5.41, 5.74) is 0. The highest BCUT2D eigenvalue weighted by Gasteiger charge is 2.21. The molecule has 1 fully saturated rings. The van der Waals surface area contributed by atoms with Gasteiger partial charge in [0.15, 0.2) is 5.17 Å². The molecule has 1 aliphatic carbocycles. The molecule has 1 aliphatic heterocycles. The maximum Gasteiger partial charge on any atom is 0.156 e. The largest absolute Gasteiger partial charge is 0.362 e. The van der Waals surface area contributed by atoms with Gasteiger partial charge in [0.05, 0.1) is 6.54 Å². The van der Waals surface area contributed by atoms with Crippen molar-refractivity contribution in [3.63, 3.8) is 0 Å². The fourth-order valence-corrected chi connectivity index (χ4v) is 3.59. The molecule has 80 valence electrons. The number of nitrogens with zero attached hydrogens (tertiary/aromatic N) is 1. The molecule has 1 N–H and O–H groups in total. The molecule has 0 aromatic carbocycles. The first kappa shape index (κ1) is 10.7. The van der Waals surface area contributed by atoms with Gasteiger partial charge >= 0.3 is 0 Å². The van der Waals surface area contributed by atoms with E-state index in [1.807, 2.05) is 23.5 Å². The van der Waals surface area contributed by atoms with Crippen molar-refractivity contribution in [3.8, 4) is 0 Å². The minimum atomic E-state index is 0.697. The summed E-state index contributed by atoms with van der Waals surface area (Å²) in [6.07, 6.45) is 7.62. The zero-order chi connectivity index (χ0) is 9.80. The molecule has 4 heteroatoms. The van der Waals surface area contributed by atoms with Gasteiger partial charge < -0.3 is 5.32 Å². The predicted octanol–water partition coefficient (Wildman–Crippen LogP) is 2.35. The fourth-order valence-electron chi connectivity index (χ4n) is 2.04. The third kappa shape index (κ3) is 2.83. The van der Waals surface area contributed by atoms with E-state index in [0.717, 1.165) is 11.8 Å². The molecular weight excluding hydrogens is 212 g/mol. The van der Waals surface area contributed by atoms with Crippen LogP contribution in [0.5, 0.6) is 0 Å². The van der Waals surface area contributed by atoms with E-state index in [2.05, 4.69) is 16.6 Å². The Kier molecular flexibility index (Phi) is 4.05. The van der Waals surface area contributed by atoms with Crippen LogP contribution in [0.25, 0.3) is 0 Å². The van der Waals surface area contributed by atoms with Gasteiger partial charge in [-0.3, -0.25) is 4.99 Å². The monoisotopic (exact) mass is 230 g/mol. The number of hydrogen-bond acceptors (Lipinski definition) is 4. The lowest BCUT2D eigenvalue weighted by atomic mass is 9.95. The summed E-state index contributed by atoms with van der Waals surface area (Å²) in [5, 5.41) is 5.67. The van der Waals surface area contributed by atoms with E-state index in [0.29, 0.717) is 6.04 Å². The van der Waals surface area contributed by atoms with Crippen molar-refractivity contribution < 1.29 is 0 Å². The van der Waals surface area contributed by atoms with Gasteiger partial charge in [0.1, 0.15) is 0 Å². The smallest absolute Gasteiger partial charge is 0.156 e. The SMILES string of the molecule is CSC1CCC(NC2=NCCS2)CC1. The standard InChI is InChI=1S/C10H18N2S2/c1-13-9-4-2-8(3-5-9)12-10-11-6-7-14-10/h8-9H,2-7H2,1H3,(H,11,12). The highest BCUT2D eigenvalue weighted by Crippen LogP contribution is 2.27. The van der Waals surface area contributed by atoms with Crippen LogP contribution in [0.3, 0.4) is 0 Å². The molecule has 0 aromatic heterocycles. The second kappa shape index (κ2) is 5.31. The zero-order valence-corrected chi connectivity index (χ0v) is 10.3. The van der Waals surface area contributed by atoms with Crippen molar-refractivity contribution in [3.05, 3.63) is 0 Å². The van der Waals surface area contributed by atoms with Crippen molar-refractivity contribution in [1.29, 1.82) is 0 Å². The molecule has 0 bridgehead atoms. The Hall–Kier alpha value is 0.170. The molecule has 2 aliphatic rings. The summed E-state index contributed by atoms with van der Waals surface area (Å²) < 4.78 is 0. The lowest BCUT2D eigenvalue weighted by Gasteiger charge is -2.28. The Bertz CT molecular complexity index is 210. The zero-order valence-electron chi connectivity index (χ0n) is 8.66. The van der Waals surface area contributed by atoms with Gasteiger partial charge in [0, 0.05) is 17.0 Å². The van der Waals surface area contributed by atoms with Crippen molar-refractivity contribution >= 4 is 28.7 Å². The molecule has 1 heterocycles. The molecule has 2 rings (SSSR count). The fraction of sp³-hybridized carbons (Fsp3) is 0.900. The topological polar surface area (TPSA) is 24.4 Å². The number of nitrogens with one attached hydrogen (secondary N) is 1. The molecule has 14 heavy (non-hydrogen) atoms. The lowest BCUT2D eigenvalue weighted by molar-refractivity contribution is 0.423. The van der Waals surface area contributed by atoms with Gasteiger partial charge in [0.25, 0.3) is 0 Å². The molecule has 1 saturated carbocycles. The Labute approximate surface area is 94.7 Å². The minimum Gasteiger partial charge on any atom is -0.362 e. The van der Waals surface area contributed by atoms with Crippen LogP contribution < -0.4 is 5.32 Å². The number of aliphatic imine (C=N–C) groups is 1. The molecule has 0 saturated heterocycles. The maximum absolute atomic E-state index is 4.43. The highest BCUT2D eigenvalue weighted by molar-refractivity contribution is 8.14. The third-order valence-electron chi connectivity index (χ3n) is 2.92. The van der Waals surface area contributed by atoms with E-state index in [-0.39, 0.29) is 0 Å². The minimum absolute atomic E-state index is 0.697. The number of thioether (sulfide) groups is 2. The first-order valence-electron chi connectivity index (χ1n) is 5.35. The van der Waals surface area contributed by atoms with Crippen molar-refractivity contribution in [2.24, 2.45) is 4.99 Å². The van der Waals surface area contributed by atoms with Gasteiger partial charge in [-0.05, 0) is 31.9 Å². The Balaban J connectivity index is 1.72. The summed E-state index contributed by atoms with van der Waals surface area (Å²) >= 11 is 3.90. The lowest BCUT2D eigenvalue weighted by Crippen LogP contribution is -2.36. The first-order chi connectivity index (χ1) is 6.88. The molecule has 2 nitrogen and oxygen atoms in total. The first-order valence-corrected chi connectivity index (χ1v) is 7.62. The van der Waals surface area contributed by atoms with E-state index >= 15 is 0 Å².